The van der Waals surface area contributed by atoms with Crippen LogP contribution in [0.15, 0.2) is 41.4 Å². The van der Waals surface area contributed by atoms with Crippen LogP contribution in [-0.2, 0) is 0 Å². The first-order valence-corrected chi connectivity index (χ1v) is 7.19. The Hall–Kier alpha value is -1.70. The van der Waals surface area contributed by atoms with E-state index in [1.54, 1.807) is 41.5 Å². The Morgan fingerprint density at radius 3 is 2.76 bits per heavy atom. The van der Waals surface area contributed by atoms with Gasteiger partial charge in [-0.3, -0.25) is 4.57 Å². The molecule has 0 aliphatic rings. The van der Waals surface area contributed by atoms with Crippen molar-refractivity contribution >= 4 is 39.1 Å². The lowest BCUT2D eigenvalue weighted by molar-refractivity contribution is 0.438. The molecular weight excluding hydrogens is 381 g/mol. The molecule has 0 unspecified atom stereocenters. The van der Waals surface area contributed by atoms with E-state index in [-0.39, 0.29) is 11.3 Å². The number of halogens is 3. The highest BCUT2D eigenvalue weighted by atomic mass is 79.9. The molecule has 0 spiro atoms. The molecule has 9 heteroatoms. The topological polar surface area (TPSA) is 65.7 Å². The third-order valence-corrected chi connectivity index (χ3v) is 3.38. The van der Waals surface area contributed by atoms with Crippen molar-refractivity contribution in [2.24, 2.45) is 0 Å². The van der Waals surface area contributed by atoms with Crippen LogP contribution in [0.2, 0.25) is 10.3 Å². The van der Waals surface area contributed by atoms with Gasteiger partial charge in [-0.05, 0) is 29.8 Å². The molecule has 2 aromatic heterocycles. The SMILES string of the molecule is Clc1nc(Oc2cc(Br)ccc2Cl)nc(-n2ccnc2)n1. The van der Waals surface area contributed by atoms with Crippen molar-refractivity contribution in [3.63, 3.8) is 0 Å². The van der Waals surface area contributed by atoms with Crippen LogP contribution in [0, 0.1) is 0 Å². The number of imidazole rings is 1. The van der Waals surface area contributed by atoms with Crippen LogP contribution in [0.4, 0.5) is 0 Å². The predicted molar refractivity (Wildman–Crippen MR) is 81.2 cm³/mol. The Bertz CT molecular complexity index is 781. The molecule has 0 bridgehead atoms. The highest BCUT2D eigenvalue weighted by Crippen LogP contribution is 2.31. The zero-order chi connectivity index (χ0) is 14.8. The lowest BCUT2D eigenvalue weighted by Gasteiger charge is -2.07. The summed E-state index contributed by atoms with van der Waals surface area (Å²) >= 11 is 15.3. The minimum atomic E-state index is 0.00909. The van der Waals surface area contributed by atoms with Gasteiger partial charge in [0.05, 0.1) is 5.02 Å². The van der Waals surface area contributed by atoms with Crippen molar-refractivity contribution in [3.05, 3.63) is 51.7 Å². The van der Waals surface area contributed by atoms with Gasteiger partial charge in [-0.2, -0.15) is 15.0 Å². The van der Waals surface area contributed by atoms with Crippen molar-refractivity contribution in [1.82, 2.24) is 24.5 Å². The molecule has 1 aromatic carbocycles. The average molecular weight is 387 g/mol. The molecule has 0 saturated heterocycles. The molecule has 3 aromatic rings. The third-order valence-electron chi connectivity index (χ3n) is 2.41. The molecule has 6 nitrogen and oxygen atoms in total. The summed E-state index contributed by atoms with van der Waals surface area (Å²) in [6.07, 6.45) is 4.83. The maximum Gasteiger partial charge on any atom is 0.328 e. The van der Waals surface area contributed by atoms with Crippen LogP contribution in [-0.4, -0.2) is 24.5 Å². The zero-order valence-electron chi connectivity index (χ0n) is 10.2. The number of benzene rings is 1. The summed E-state index contributed by atoms with van der Waals surface area (Å²) < 4.78 is 7.97. The van der Waals surface area contributed by atoms with Gasteiger partial charge in [0.15, 0.2) is 5.75 Å². The quantitative estimate of drug-likeness (QED) is 0.682. The van der Waals surface area contributed by atoms with E-state index in [9.17, 15) is 0 Å². The van der Waals surface area contributed by atoms with E-state index in [1.807, 2.05) is 0 Å². The fourth-order valence-corrected chi connectivity index (χ4v) is 2.16. The van der Waals surface area contributed by atoms with Gasteiger partial charge in [-0.25, -0.2) is 4.98 Å². The zero-order valence-corrected chi connectivity index (χ0v) is 13.3. The lowest BCUT2D eigenvalue weighted by Crippen LogP contribution is -2.03. The van der Waals surface area contributed by atoms with Gasteiger partial charge in [0.2, 0.25) is 11.2 Å². The molecule has 106 valence electrons. The van der Waals surface area contributed by atoms with E-state index >= 15 is 0 Å². The van der Waals surface area contributed by atoms with Gasteiger partial charge in [0, 0.05) is 16.9 Å². The highest BCUT2D eigenvalue weighted by Gasteiger charge is 2.11. The van der Waals surface area contributed by atoms with Crippen molar-refractivity contribution < 1.29 is 4.74 Å². The largest absolute Gasteiger partial charge is 0.423 e. The van der Waals surface area contributed by atoms with Gasteiger partial charge in [-0.15, -0.1) is 0 Å². The standard InChI is InChI=1S/C12H6BrCl2N5O/c13-7-1-2-8(14)9(5-7)21-12-18-10(15)17-11(19-12)20-4-3-16-6-20/h1-6H. The summed E-state index contributed by atoms with van der Waals surface area (Å²) in [7, 11) is 0. The van der Waals surface area contributed by atoms with Crippen LogP contribution in [0.5, 0.6) is 11.8 Å². The molecule has 3 rings (SSSR count). The van der Waals surface area contributed by atoms with E-state index in [1.165, 1.54) is 0 Å². The van der Waals surface area contributed by atoms with Crippen LogP contribution in [0.1, 0.15) is 0 Å². The van der Waals surface area contributed by atoms with Crippen LogP contribution < -0.4 is 4.74 Å². The molecule has 0 aliphatic carbocycles. The van der Waals surface area contributed by atoms with Gasteiger partial charge in [-0.1, -0.05) is 27.5 Å². The summed E-state index contributed by atoms with van der Waals surface area (Å²) in [6, 6.07) is 5.24. The summed E-state index contributed by atoms with van der Waals surface area (Å²) in [5, 5.41) is 0.439. The highest BCUT2D eigenvalue weighted by molar-refractivity contribution is 9.10. The maximum atomic E-state index is 6.06. The second kappa shape index (κ2) is 5.97. The van der Waals surface area contributed by atoms with E-state index in [2.05, 4.69) is 35.9 Å². The number of hydrogen-bond acceptors (Lipinski definition) is 5. The summed E-state index contributed by atoms with van der Waals surface area (Å²) in [5.41, 5.74) is 0. The number of rotatable bonds is 3. The van der Waals surface area contributed by atoms with Crippen LogP contribution in [0.3, 0.4) is 0 Å². The average Bonchev–Trinajstić information content (AvgIpc) is 2.96. The van der Waals surface area contributed by atoms with Crippen LogP contribution in [0.25, 0.3) is 5.95 Å². The molecule has 0 fully saturated rings. The fraction of sp³-hybridized carbons (Fsp3) is 0. The number of aromatic nitrogens is 5. The number of ether oxygens (including phenoxy) is 1. The molecule has 2 heterocycles. The number of nitrogens with zero attached hydrogens (tertiary/aromatic N) is 5. The maximum absolute atomic E-state index is 6.06. The molecule has 0 aliphatic heterocycles. The minimum Gasteiger partial charge on any atom is -0.423 e. The van der Waals surface area contributed by atoms with Gasteiger partial charge in [0.1, 0.15) is 6.33 Å². The molecule has 0 saturated carbocycles. The molecule has 0 N–H and O–H groups in total. The Labute approximate surface area is 137 Å². The van der Waals surface area contributed by atoms with Gasteiger partial charge in [0.25, 0.3) is 0 Å². The van der Waals surface area contributed by atoms with E-state index < -0.39 is 0 Å². The third kappa shape index (κ3) is 3.31. The first kappa shape index (κ1) is 14.2. The van der Waals surface area contributed by atoms with E-state index in [0.717, 1.165) is 4.47 Å². The Morgan fingerprint density at radius 1 is 1.14 bits per heavy atom. The summed E-state index contributed by atoms with van der Waals surface area (Å²) in [4.78, 5) is 16.0. The first-order chi connectivity index (χ1) is 10.1. The van der Waals surface area contributed by atoms with Crippen molar-refractivity contribution in [2.75, 3.05) is 0 Å². The predicted octanol–water partition coefficient (Wildman–Crippen LogP) is 3.92. The van der Waals surface area contributed by atoms with Crippen LogP contribution >= 0.6 is 39.1 Å². The normalized spacial score (nSPS) is 10.6. The smallest absolute Gasteiger partial charge is 0.328 e. The second-order valence-corrected chi connectivity index (χ2v) is 5.49. The summed E-state index contributed by atoms with van der Waals surface area (Å²) in [6.45, 7) is 0. The second-order valence-electron chi connectivity index (χ2n) is 3.83. The fourth-order valence-electron chi connectivity index (χ4n) is 1.51. The first-order valence-electron chi connectivity index (χ1n) is 5.64. The Kier molecular flexibility index (Phi) is 4.05. The van der Waals surface area contributed by atoms with Gasteiger partial charge < -0.3 is 4.74 Å². The molecule has 0 amide bonds. The van der Waals surface area contributed by atoms with Crippen molar-refractivity contribution in [3.8, 4) is 17.7 Å². The lowest BCUT2D eigenvalue weighted by atomic mass is 10.3. The number of hydrogen-bond donors (Lipinski definition) is 0. The minimum absolute atomic E-state index is 0.00909. The van der Waals surface area contributed by atoms with Gasteiger partial charge >= 0.3 is 6.01 Å². The van der Waals surface area contributed by atoms with E-state index in [4.69, 9.17) is 27.9 Å². The monoisotopic (exact) mass is 385 g/mol. The molecule has 0 radical (unpaired) electrons. The van der Waals surface area contributed by atoms with E-state index in [0.29, 0.717) is 16.7 Å². The molecule has 0 atom stereocenters. The van der Waals surface area contributed by atoms with Crippen molar-refractivity contribution in [2.45, 2.75) is 0 Å². The molecular formula is C12H6BrCl2N5O. The summed E-state index contributed by atoms with van der Waals surface area (Å²) in [5.74, 6) is 0.707. The Morgan fingerprint density at radius 2 is 2.00 bits per heavy atom. The Balaban J connectivity index is 1.97. The molecule has 21 heavy (non-hydrogen) atoms. The van der Waals surface area contributed by atoms with Crippen molar-refractivity contribution in [1.29, 1.82) is 0 Å².